The number of nitrogens with one attached hydrogen (secondary N) is 2. The molecule has 1 aromatic heterocycles. The molecule has 0 aliphatic carbocycles. The molecule has 3 rings (SSSR count). The van der Waals surface area contributed by atoms with Gasteiger partial charge in [-0.05, 0) is 67.7 Å². The number of aromatic nitrogens is 1. The van der Waals surface area contributed by atoms with Crippen molar-refractivity contribution in [3.05, 3.63) is 65.6 Å². The molecule has 0 fully saturated rings. The SMILES string of the molecule is CNS(=O)(=O)c1cccc(-c2c(C)n(C/C(F)=C/CNCl)c3ccc(C(=O)O)cc23)c1. The summed E-state index contributed by atoms with van der Waals surface area (Å²) in [5.41, 5.74) is 2.58. The minimum absolute atomic E-state index is 0.0708. The summed E-state index contributed by atoms with van der Waals surface area (Å²) in [6, 6.07) is 10.9. The third-order valence-corrected chi connectivity index (χ3v) is 6.55. The van der Waals surface area contributed by atoms with Crippen molar-refractivity contribution in [2.24, 2.45) is 0 Å². The molecule has 2 aromatic carbocycles. The van der Waals surface area contributed by atoms with E-state index in [4.69, 9.17) is 11.8 Å². The number of carbonyl (C=O) groups is 1. The van der Waals surface area contributed by atoms with Gasteiger partial charge in [0.05, 0.1) is 17.0 Å². The van der Waals surface area contributed by atoms with Gasteiger partial charge >= 0.3 is 5.97 Å². The van der Waals surface area contributed by atoms with Crippen LogP contribution in [0.25, 0.3) is 22.0 Å². The smallest absolute Gasteiger partial charge is 0.335 e. The first-order chi connectivity index (χ1) is 14.7. The van der Waals surface area contributed by atoms with E-state index in [2.05, 4.69) is 9.56 Å². The van der Waals surface area contributed by atoms with Gasteiger partial charge in [0, 0.05) is 28.7 Å². The van der Waals surface area contributed by atoms with Crippen LogP contribution < -0.4 is 9.56 Å². The second-order valence-corrected chi connectivity index (χ2v) is 8.96. The van der Waals surface area contributed by atoms with Crippen molar-refractivity contribution in [1.29, 1.82) is 0 Å². The fraction of sp³-hybridized carbons (Fsp3) is 0.190. The van der Waals surface area contributed by atoms with Crippen molar-refractivity contribution in [2.75, 3.05) is 13.6 Å². The molecule has 0 bridgehead atoms. The van der Waals surface area contributed by atoms with Crippen LogP contribution in [0.1, 0.15) is 16.1 Å². The van der Waals surface area contributed by atoms with Crippen molar-refractivity contribution < 1.29 is 22.7 Å². The number of halogens is 2. The number of carboxylic acid groups (broad SMARTS) is 1. The van der Waals surface area contributed by atoms with E-state index in [1.54, 1.807) is 29.7 Å². The van der Waals surface area contributed by atoms with Crippen LogP contribution in [-0.4, -0.2) is 37.7 Å². The lowest BCUT2D eigenvalue weighted by atomic mass is 10.0. The number of nitrogens with zero attached hydrogens (tertiary/aromatic N) is 1. The maximum Gasteiger partial charge on any atom is 0.335 e. The summed E-state index contributed by atoms with van der Waals surface area (Å²) in [5, 5.41) is 10.0. The normalized spacial score (nSPS) is 12.5. The summed E-state index contributed by atoms with van der Waals surface area (Å²) in [5.74, 6) is -1.52. The molecule has 0 aliphatic heterocycles. The number of sulfonamides is 1. The second kappa shape index (κ2) is 9.19. The molecule has 1 heterocycles. The zero-order valence-electron chi connectivity index (χ0n) is 16.8. The van der Waals surface area contributed by atoms with Crippen molar-refractivity contribution in [3.8, 4) is 11.1 Å². The van der Waals surface area contributed by atoms with Crippen LogP contribution in [0.3, 0.4) is 0 Å². The Hall–Kier alpha value is -2.72. The van der Waals surface area contributed by atoms with Crippen molar-refractivity contribution >= 4 is 38.7 Å². The van der Waals surface area contributed by atoms with Crippen LogP contribution in [0.15, 0.2) is 59.3 Å². The zero-order valence-corrected chi connectivity index (χ0v) is 18.4. The molecule has 0 spiro atoms. The minimum Gasteiger partial charge on any atom is -0.478 e. The highest BCUT2D eigenvalue weighted by Crippen LogP contribution is 2.36. The van der Waals surface area contributed by atoms with Gasteiger partial charge < -0.3 is 9.67 Å². The molecule has 0 amide bonds. The van der Waals surface area contributed by atoms with E-state index in [0.29, 0.717) is 27.7 Å². The lowest BCUT2D eigenvalue weighted by Gasteiger charge is -2.09. The van der Waals surface area contributed by atoms with Gasteiger partial charge in [-0.15, -0.1) is 0 Å². The van der Waals surface area contributed by atoms with Crippen LogP contribution in [0.5, 0.6) is 0 Å². The van der Waals surface area contributed by atoms with Crippen LogP contribution in [-0.2, 0) is 16.6 Å². The molecule has 0 saturated carbocycles. The molecule has 164 valence electrons. The van der Waals surface area contributed by atoms with Gasteiger partial charge in [0.1, 0.15) is 5.83 Å². The van der Waals surface area contributed by atoms with E-state index in [-0.39, 0.29) is 23.5 Å². The van der Waals surface area contributed by atoms with Crippen molar-refractivity contribution in [2.45, 2.75) is 18.4 Å². The number of hydrogen-bond donors (Lipinski definition) is 3. The maximum absolute atomic E-state index is 14.4. The molecule has 3 N–H and O–H groups in total. The monoisotopic (exact) mass is 465 g/mol. The molecule has 10 heteroatoms. The van der Waals surface area contributed by atoms with E-state index in [1.807, 2.05) is 0 Å². The molecule has 3 aromatic rings. The lowest BCUT2D eigenvalue weighted by Crippen LogP contribution is -2.18. The molecule has 0 saturated heterocycles. The summed E-state index contributed by atoms with van der Waals surface area (Å²) < 4.78 is 42.9. The number of hydrogen-bond acceptors (Lipinski definition) is 4. The largest absolute Gasteiger partial charge is 0.478 e. The minimum atomic E-state index is -3.68. The van der Waals surface area contributed by atoms with Gasteiger partial charge in [-0.25, -0.2) is 27.2 Å². The van der Waals surface area contributed by atoms with E-state index >= 15 is 0 Å². The predicted octanol–water partition coefficient (Wildman–Crippen LogP) is 3.82. The van der Waals surface area contributed by atoms with Crippen LogP contribution in [0.4, 0.5) is 4.39 Å². The van der Waals surface area contributed by atoms with Crippen LogP contribution in [0.2, 0.25) is 0 Å². The third kappa shape index (κ3) is 4.64. The highest BCUT2D eigenvalue weighted by Gasteiger charge is 2.20. The fourth-order valence-corrected chi connectivity index (χ4v) is 4.34. The summed E-state index contributed by atoms with van der Waals surface area (Å²) in [6.45, 7) is 1.84. The molecule has 0 aliphatic rings. The summed E-state index contributed by atoms with van der Waals surface area (Å²) in [4.78, 5) is 13.9. The van der Waals surface area contributed by atoms with Gasteiger partial charge in [0.25, 0.3) is 0 Å². The average molecular weight is 466 g/mol. The zero-order chi connectivity index (χ0) is 22.8. The van der Waals surface area contributed by atoms with Gasteiger partial charge in [-0.1, -0.05) is 12.1 Å². The van der Waals surface area contributed by atoms with E-state index in [1.165, 1.54) is 37.4 Å². The number of benzene rings is 2. The molecule has 31 heavy (non-hydrogen) atoms. The first kappa shape index (κ1) is 23.0. The first-order valence-corrected chi connectivity index (χ1v) is 11.1. The maximum atomic E-state index is 14.4. The van der Waals surface area contributed by atoms with Gasteiger partial charge in [-0.3, -0.25) is 0 Å². The van der Waals surface area contributed by atoms with Crippen LogP contribution >= 0.6 is 11.8 Å². The number of allylic oxidation sites excluding steroid dienone is 1. The first-order valence-electron chi connectivity index (χ1n) is 9.27. The fourth-order valence-electron chi connectivity index (χ4n) is 3.48. The summed E-state index contributed by atoms with van der Waals surface area (Å²) >= 11 is 5.39. The Morgan fingerprint density at radius 3 is 2.65 bits per heavy atom. The topological polar surface area (TPSA) is 100 Å². The Labute approximate surface area is 184 Å². The Kier molecular flexibility index (Phi) is 6.80. The highest BCUT2D eigenvalue weighted by molar-refractivity contribution is 7.89. The second-order valence-electron chi connectivity index (χ2n) is 6.81. The van der Waals surface area contributed by atoms with E-state index in [9.17, 15) is 22.7 Å². The third-order valence-electron chi connectivity index (χ3n) is 4.98. The van der Waals surface area contributed by atoms with Crippen LogP contribution in [0, 0.1) is 6.92 Å². The van der Waals surface area contributed by atoms with Gasteiger partial charge in [0.2, 0.25) is 10.0 Å². The van der Waals surface area contributed by atoms with Crippen molar-refractivity contribution in [1.82, 2.24) is 14.1 Å². The molecular weight excluding hydrogens is 445 g/mol. The van der Waals surface area contributed by atoms with E-state index < -0.39 is 21.8 Å². The molecule has 0 atom stereocenters. The average Bonchev–Trinajstić information content (AvgIpc) is 3.02. The Morgan fingerprint density at radius 1 is 1.26 bits per heavy atom. The summed E-state index contributed by atoms with van der Waals surface area (Å²) in [7, 11) is -2.36. The number of rotatable bonds is 8. The van der Waals surface area contributed by atoms with E-state index in [0.717, 1.165) is 0 Å². The summed E-state index contributed by atoms with van der Waals surface area (Å²) in [6.07, 6.45) is 1.31. The number of carboxylic acids is 1. The Morgan fingerprint density at radius 2 is 2.00 bits per heavy atom. The van der Waals surface area contributed by atoms with Crippen molar-refractivity contribution in [3.63, 3.8) is 0 Å². The standard InChI is InChI=1S/C21H21ClFN3O4S/c1-13-20(14-4-3-5-17(10-14)31(29,30)24-2)18-11-15(21(27)28)6-7-19(18)26(13)12-16(23)8-9-25-22/h3-8,10-11,24-25H,9,12H2,1-2H3,(H,27,28)/b16-8-. The molecule has 7 nitrogen and oxygen atoms in total. The highest BCUT2D eigenvalue weighted by atomic mass is 35.5. The Bertz CT molecular complexity index is 1290. The predicted molar refractivity (Wildman–Crippen MR) is 118 cm³/mol. The molecule has 0 radical (unpaired) electrons. The van der Waals surface area contributed by atoms with Gasteiger partial charge in [0.15, 0.2) is 0 Å². The van der Waals surface area contributed by atoms with Gasteiger partial charge in [-0.2, -0.15) is 0 Å². The lowest BCUT2D eigenvalue weighted by molar-refractivity contribution is 0.0697. The number of fused-ring (bicyclic) bond motifs is 1. The molecular formula is C21H21ClFN3O4S. The quantitative estimate of drug-likeness (QED) is 0.439. The molecule has 0 unspecified atom stereocenters. The Balaban J connectivity index is 2.28. The number of aromatic carboxylic acids is 1.